The summed E-state index contributed by atoms with van der Waals surface area (Å²) >= 11 is 0. The van der Waals surface area contributed by atoms with Gasteiger partial charge in [0, 0.05) is 18.3 Å². The Morgan fingerprint density at radius 2 is 1.79 bits per heavy atom. The molecule has 0 atom stereocenters. The number of hydrogen-bond acceptors (Lipinski definition) is 6. The number of aryl methyl sites for hydroxylation is 2. The Kier molecular flexibility index (Phi) is 4.80. The van der Waals surface area contributed by atoms with E-state index < -0.39 is 0 Å². The SMILES string of the molecule is Cc1ccc(Nc2cc(C(=O)NCc3ccc4c(c3)OCO4)nc(C)n2)cc1. The number of carbonyl (C=O) groups is 1. The van der Waals surface area contributed by atoms with Crippen molar-refractivity contribution in [1.82, 2.24) is 15.3 Å². The summed E-state index contributed by atoms with van der Waals surface area (Å²) in [7, 11) is 0. The predicted molar refractivity (Wildman–Crippen MR) is 105 cm³/mol. The molecule has 0 aliphatic carbocycles. The molecule has 0 bridgehead atoms. The van der Waals surface area contributed by atoms with Crippen LogP contribution in [0.5, 0.6) is 11.5 Å². The number of carbonyl (C=O) groups excluding carboxylic acids is 1. The number of ether oxygens (including phenoxy) is 2. The average molecular weight is 376 g/mol. The maximum atomic E-state index is 12.6. The van der Waals surface area contributed by atoms with E-state index in [9.17, 15) is 4.79 Å². The van der Waals surface area contributed by atoms with E-state index in [0.29, 0.717) is 35.4 Å². The molecule has 1 aliphatic heterocycles. The number of nitrogens with one attached hydrogen (secondary N) is 2. The molecule has 0 saturated carbocycles. The first-order valence-electron chi connectivity index (χ1n) is 8.93. The molecule has 7 nitrogen and oxygen atoms in total. The second kappa shape index (κ2) is 7.56. The zero-order valence-electron chi connectivity index (χ0n) is 15.7. The van der Waals surface area contributed by atoms with Crippen LogP contribution in [0.2, 0.25) is 0 Å². The van der Waals surface area contributed by atoms with Gasteiger partial charge in [0.2, 0.25) is 6.79 Å². The molecule has 0 spiro atoms. The molecule has 1 amide bonds. The van der Waals surface area contributed by atoms with E-state index in [-0.39, 0.29) is 12.7 Å². The van der Waals surface area contributed by atoms with Gasteiger partial charge >= 0.3 is 0 Å². The molecule has 0 saturated heterocycles. The van der Waals surface area contributed by atoms with Gasteiger partial charge < -0.3 is 20.1 Å². The lowest BCUT2D eigenvalue weighted by Gasteiger charge is -2.10. The van der Waals surface area contributed by atoms with Gasteiger partial charge in [0.25, 0.3) is 5.91 Å². The van der Waals surface area contributed by atoms with E-state index in [1.807, 2.05) is 49.4 Å². The summed E-state index contributed by atoms with van der Waals surface area (Å²) < 4.78 is 10.7. The van der Waals surface area contributed by atoms with E-state index in [4.69, 9.17) is 9.47 Å². The van der Waals surface area contributed by atoms with Crippen LogP contribution in [0.4, 0.5) is 11.5 Å². The third kappa shape index (κ3) is 4.03. The zero-order chi connectivity index (χ0) is 19.5. The maximum Gasteiger partial charge on any atom is 0.270 e. The van der Waals surface area contributed by atoms with Crippen molar-refractivity contribution in [3.63, 3.8) is 0 Å². The molecule has 4 rings (SSSR count). The number of anilines is 2. The smallest absolute Gasteiger partial charge is 0.270 e. The van der Waals surface area contributed by atoms with Crippen molar-refractivity contribution in [3.05, 3.63) is 71.2 Å². The molecular formula is C21H20N4O3. The van der Waals surface area contributed by atoms with Crippen LogP contribution in [0, 0.1) is 13.8 Å². The van der Waals surface area contributed by atoms with Gasteiger partial charge in [-0.15, -0.1) is 0 Å². The molecule has 2 N–H and O–H groups in total. The monoisotopic (exact) mass is 376 g/mol. The Hall–Kier alpha value is -3.61. The molecule has 0 radical (unpaired) electrons. The number of amides is 1. The summed E-state index contributed by atoms with van der Waals surface area (Å²) in [5.74, 6) is 2.23. The number of benzene rings is 2. The van der Waals surface area contributed by atoms with Crippen LogP contribution in [0.1, 0.15) is 27.4 Å². The van der Waals surface area contributed by atoms with Crippen LogP contribution < -0.4 is 20.1 Å². The van der Waals surface area contributed by atoms with Gasteiger partial charge in [0.05, 0.1) is 0 Å². The summed E-state index contributed by atoms with van der Waals surface area (Å²) in [5, 5.41) is 6.09. The van der Waals surface area contributed by atoms with Gasteiger partial charge in [0.15, 0.2) is 11.5 Å². The third-order valence-electron chi connectivity index (χ3n) is 4.28. The maximum absolute atomic E-state index is 12.6. The highest BCUT2D eigenvalue weighted by molar-refractivity contribution is 5.93. The molecule has 0 unspecified atom stereocenters. The first kappa shape index (κ1) is 17.8. The fourth-order valence-corrected chi connectivity index (χ4v) is 2.86. The molecular weight excluding hydrogens is 356 g/mol. The Bertz CT molecular complexity index is 1020. The van der Waals surface area contributed by atoms with E-state index >= 15 is 0 Å². The summed E-state index contributed by atoms with van der Waals surface area (Å²) in [6, 6.07) is 15.2. The second-order valence-corrected chi connectivity index (χ2v) is 6.55. The number of hydrogen-bond donors (Lipinski definition) is 2. The first-order chi connectivity index (χ1) is 13.6. The molecule has 1 aliphatic rings. The largest absolute Gasteiger partial charge is 0.454 e. The highest BCUT2D eigenvalue weighted by atomic mass is 16.7. The van der Waals surface area contributed by atoms with Crippen molar-refractivity contribution in [2.24, 2.45) is 0 Å². The Balaban J connectivity index is 1.45. The quantitative estimate of drug-likeness (QED) is 0.709. The van der Waals surface area contributed by atoms with Crippen LogP contribution in [0.3, 0.4) is 0 Å². The van der Waals surface area contributed by atoms with Crippen molar-refractivity contribution in [2.45, 2.75) is 20.4 Å². The zero-order valence-corrected chi connectivity index (χ0v) is 15.7. The minimum absolute atomic E-state index is 0.224. The first-order valence-corrected chi connectivity index (χ1v) is 8.93. The standard InChI is InChI=1S/C21H20N4O3/c1-13-3-6-16(7-4-13)25-20-10-17(23-14(2)24-20)21(26)22-11-15-5-8-18-19(9-15)28-12-27-18/h3-10H,11-12H2,1-2H3,(H,22,26)(H,23,24,25). The summed E-state index contributed by atoms with van der Waals surface area (Å²) in [5.41, 5.74) is 3.30. The Morgan fingerprint density at radius 1 is 1.00 bits per heavy atom. The molecule has 0 fully saturated rings. The average Bonchev–Trinajstić information content (AvgIpc) is 3.15. The van der Waals surface area contributed by atoms with Crippen molar-refractivity contribution >= 4 is 17.4 Å². The highest BCUT2D eigenvalue weighted by Crippen LogP contribution is 2.32. The molecule has 1 aromatic heterocycles. The van der Waals surface area contributed by atoms with Gasteiger partial charge in [-0.1, -0.05) is 23.8 Å². The van der Waals surface area contributed by atoms with Crippen LogP contribution in [-0.2, 0) is 6.54 Å². The van der Waals surface area contributed by atoms with Crippen molar-refractivity contribution in [1.29, 1.82) is 0 Å². The fourth-order valence-electron chi connectivity index (χ4n) is 2.86. The number of rotatable bonds is 5. The topological polar surface area (TPSA) is 85.4 Å². The van der Waals surface area contributed by atoms with Gasteiger partial charge in [-0.25, -0.2) is 9.97 Å². The molecule has 28 heavy (non-hydrogen) atoms. The highest BCUT2D eigenvalue weighted by Gasteiger charge is 2.15. The number of nitrogens with zero attached hydrogens (tertiary/aromatic N) is 2. The van der Waals surface area contributed by atoms with Crippen LogP contribution in [-0.4, -0.2) is 22.7 Å². The lowest BCUT2D eigenvalue weighted by atomic mass is 10.2. The molecule has 142 valence electrons. The van der Waals surface area contributed by atoms with Crippen LogP contribution >= 0.6 is 0 Å². The van der Waals surface area contributed by atoms with Crippen molar-refractivity contribution < 1.29 is 14.3 Å². The normalized spacial score (nSPS) is 11.9. The summed E-state index contributed by atoms with van der Waals surface area (Å²) in [6.07, 6.45) is 0. The predicted octanol–water partition coefficient (Wildman–Crippen LogP) is 3.50. The number of aromatic nitrogens is 2. The fraction of sp³-hybridized carbons (Fsp3) is 0.190. The van der Waals surface area contributed by atoms with Crippen molar-refractivity contribution in [2.75, 3.05) is 12.1 Å². The lowest BCUT2D eigenvalue weighted by Crippen LogP contribution is -2.24. The van der Waals surface area contributed by atoms with E-state index in [1.165, 1.54) is 5.56 Å². The summed E-state index contributed by atoms with van der Waals surface area (Å²) in [6.45, 7) is 4.37. The van der Waals surface area contributed by atoms with E-state index in [2.05, 4.69) is 20.6 Å². The van der Waals surface area contributed by atoms with Crippen molar-refractivity contribution in [3.8, 4) is 11.5 Å². The minimum Gasteiger partial charge on any atom is -0.454 e. The lowest BCUT2D eigenvalue weighted by molar-refractivity contribution is 0.0945. The summed E-state index contributed by atoms with van der Waals surface area (Å²) in [4.78, 5) is 21.2. The Morgan fingerprint density at radius 3 is 2.61 bits per heavy atom. The molecule has 2 aromatic carbocycles. The molecule has 2 heterocycles. The number of fused-ring (bicyclic) bond motifs is 1. The Labute approximate surface area is 162 Å². The third-order valence-corrected chi connectivity index (χ3v) is 4.28. The van der Waals surface area contributed by atoms with Gasteiger partial charge in [-0.3, -0.25) is 4.79 Å². The van der Waals surface area contributed by atoms with Gasteiger partial charge in [-0.2, -0.15) is 0 Å². The van der Waals surface area contributed by atoms with Crippen LogP contribution in [0.25, 0.3) is 0 Å². The van der Waals surface area contributed by atoms with Crippen LogP contribution in [0.15, 0.2) is 48.5 Å². The van der Waals surface area contributed by atoms with Gasteiger partial charge in [0.1, 0.15) is 17.3 Å². The molecule has 7 heteroatoms. The molecule has 3 aromatic rings. The second-order valence-electron chi connectivity index (χ2n) is 6.55. The van der Waals surface area contributed by atoms with E-state index in [0.717, 1.165) is 11.3 Å². The van der Waals surface area contributed by atoms with E-state index in [1.54, 1.807) is 13.0 Å². The van der Waals surface area contributed by atoms with Gasteiger partial charge in [-0.05, 0) is 43.7 Å². The minimum atomic E-state index is -0.268.